The Morgan fingerprint density at radius 2 is 1.92 bits per heavy atom. The summed E-state index contributed by atoms with van der Waals surface area (Å²) >= 11 is 0. The number of carbonyl (C=O) groups is 1. The van der Waals surface area contributed by atoms with Crippen molar-refractivity contribution in [1.29, 1.82) is 0 Å². The van der Waals surface area contributed by atoms with Crippen molar-refractivity contribution >= 4 is 5.91 Å². The molecule has 4 heteroatoms. The number of likely N-dealkylation sites (N-methyl/N-ethyl adjacent to an activating group) is 1. The maximum atomic E-state index is 12.5. The fourth-order valence-electron chi connectivity index (χ4n) is 3.48. The SMILES string of the molecule is Cc1cccc(O[C@@H](C)C(=O)NCC2(N(C)C)CCCCC2)c1C. The highest BCUT2D eigenvalue weighted by Gasteiger charge is 2.34. The second-order valence-corrected chi connectivity index (χ2v) is 7.36. The molecule has 1 aliphatic carbocycles. The average molecular weight is 332 g/mol. The summed E-state index contributed by atoms with van der Waals surface area (Å²) in [7, 11) is 4.24. The van der Waals surface area contributed by atoms with E-state index in [2.05, 4.69) is 37.3 Å². The number of hydrogen-bond acceptors (Lipinski definition) is 3. The molecule has 1 fully saturated rings. The van der Waals surface area contributed by atoms with Crippen LogP contribution in [-0.4, -0.2) is 43.1 Å². The molecule has 1 saturated carbocycles. The van der Waals surface area contributed by atoms with Crippen LogP contribution in [0.5, 0.6) is 5.75 Å². The minimum atomic E-state index is -0.492. The summed E-state index contributed by atoms with van der Waals surface area (Å²) < 4.78 is 5.90. The van der Waals surface area contributed by atoms with Crippen molar-refractivity contribution in [2.45, 2.75) is 64.5 Å². The van der Waals surface area contributed by atoms with Gasteiger partial charge in [0.15, 0.2) is 6.10 Å². The third-order valence-corrected chi connectivity index (χ3v) is 5.55. The lowest BCUT2D eigenvalue weighted by Crippen LogP contribution is -2.55. The van der Waals surface area contributed by atoms with Gasteiger partial charge in [-0.25, -0.2) is 0 Å². The van der Waals surface area contributed by atoms with Crippen LogP contribution in [0, 0.1) is 13.8 Å². The molecule has 0 spiro atoms. The van der Waals surface area contributed by atoms with E-state index in [0.717, 1.165) is 24.2 Å². The first-order valence-corrected chi connectivity index (χ1v) is 9.04. The van der Waals surface area contributed by atoms with Crippen molar-refractivity contribution < 1.29 is 9.53 Å². The van der Waals surface area contributed by atoms with Crippen LogP contribution in [0.4, 0.5) is 0 Å². The Bertz CT molecular complexity index is 563. The van der Waals surface area contributed by atoms with E-state index in [9.17, 15) is 4.79 Å². The molecule has 0 aromatic heterocycles. The van der Waals surface area contributed by atoms with Crippen LogP contribution in [0.2, 0.25) is 0 Å². The van der Waals surface area contributed by atoms with Crippen molar-refractivity contribution in [3.05, 3.63) is 29.3 Å². The van der Waals surface area contributed by atoms with Crippen LogP contribution in [0.1, 0.15) is 50.2 Å². The summed E-state index contributed by atoms with van der Waals surface area (Å²) in [6.45, 7) is 6.59. The Balaban J connectivity index is 1.94. The molecule has 24 heavy (non-hydrogen) atoms. The van der Waals surface area contributed by atoms with E-state index >= 15 is 0 Å². The Hall–Kier alpha value is -1.55. The summed E-state index contributed by atoms with van der Waals surface area (Å²) in [4.78, 5) is 14.8. The lowest BCUT2D eigenvalue weighted by atomic mass is 9.80. The van der Waals surface area contributed by atoms with Gasteiger partial charge >= 0.3 is 0 Å². The third-order valence-electron chi connectivity index (χ3n) is 5.55. The van der Waals surface area contributed by atoms with Gasteiger partial charge in [0, 0.05) is 12.1 Å². The van der Waals surface area contributed by atoms with Gasteiger partial charge in [0.05, 0.1) is 0 Å². The normalized spacial score (nSPS) is 18.2. The summed E-state index contributed by atoms with van der Waals surface area (Å²) in [5.74, 6) is 0.750. The van der Waals surface area contributed by atoms with Crippen LogP contribution < -0.4 is 10.1 Å². The minimum absolute atomic E-state index is 0.0392. The molecule has 1 aromatic carbocycles. The van der Waals surface area contributed by atoms with Gasteiger partial charge in [0.25, 0.3) is 5.91 Å². The molecule has 1 atom stereocenters. The van der Waals surface area contributed by atoms with Crippen molar-refractivity contribution in [2.24, 2.45) is 0 Å². The van der Waals surface area contributed by atoms with Gasteiger partial charge < -0.3 is 15.0 Å². The summed E-state index contributed by atoms with van der Waals surface area (Å²) in [5, 5.41) is 3.12. The molecular formula is C20H32N2O2. The number of benzene rings is 1. The van der Waals surface area contributed by atoms with Gasteiger partial charge in [0.1, 0.15) is 5.75 Å². The standard InChI is InChI=1S/C20H32N2O2/c1-15-10-9-11-18(16(15)2)24-17(3)19(23)21-14-20(22(4)5)12-7-6-8-13-20/h9-11,17H,6-8,12-14H2,1-5H3,(H,21,23)/t17-/m0/s1. The van der Waals surface area contributed by atoms with Crippen molar-refractivity contribution in [2.75, 3.05) is 20.6 Å². The fourth-order valence-corrected chi connectivity index (χ4v) is 3.48. The second-order valence-electron chi connectivity index (χ2n) is 7.36. The number of amides is 1. The first-order chi connectivity index (χ1) is 11.4. The number of nitrogens with zero attached hydrogens (tertiary/aromatic N) is 1. The third kappa shape index (κ3) is 4.29. The highest BCUT2D eigenvalue weighted by Crippen LogP contribution is 2.31. The maximum Gasteiger partial charge on any atom is 0.260 e. The average Bonchev–Trinajstić information content (AvgIpc) is 2.57. The Morgan fingerprint density at radius 1 is 1.25 bits per heavy atom. The zero-order valence-corrected chi connectivity index (χ0v) is 15.8. The Labute approximate surface area is 146 Å². The molecule has 0 heterocycles. The molecule has 1 N–H and O–H groups in total. The zero-order valence-electron chi connectivity index (χ0n) is 15.8. The molecule has 0 unspecified atom stereocenters. The van der Waals surface area contributed by atoms with E-state index in [1.54, 1.807) is 0 Å². The van der Waals surface area contributed by atoms with E-state index in [4.69, 9.17) is 4.74 Å². The predicted molar refractivity (Wildman–Crippen MR) is 98.5 cm³/mol. The van der Waals surface area contributed by atoms with Gasteiger partial charge in [-0.3, -0.25) is 4.79 Å². The highest BCUT2D eigenvalue weighted by molar-refractivity contribution is 5.80. The molecular weight excluding hydrogens is 300 g/mol. The Morgan fingerprint density at radius 3 is 2.54 bits per heavy atom. The van der Waals surface area contributed by atoms with Gasteiger partial charge in [-0.2, -0.15) is 0 Å². The number of ether oxygens (including phenoxy) is 1. The molecule has 1 aromatic rings. The van der Waals surface area contributed by atoms with Crippen molar-refractivity contribution in [3.63, 3.8) is 0 Å². The van der Waals surface area contributed by atoms with E-state index in [1.807, 2.05) is 26.0 Å². The first kappa shape index (κ1) is 18.8. The molecule has 1 amide bonds. The predicted octanol–water partition coefficient (Wildman–Crippen LogP) is 3.45. The van der Waals surface area contributed by atoms with Crippen LogP contribution in [0.3, 0.4) is 0 Å². The highest BCUT2D eigenvalue weighted by atomic mass is 16.5. The van der Waals surface area contributed by atoms with Gasteiger partial charge in [-0.1, -0.05) is 31.4 Å². The molecule has 1 aliphatic rings. The van der Waals surface area contributed by atoms with E-state index in [-0.39, 0.29) is 11.4 Å². The minimum Gasteiger partial charge on any atom is -0.481 e. The molecule has 2 rings (SSSR count). The van der Waals surface area contributed by atoms with E-state index < -0.39 is 6.10 Å². The lowest BCUT2D eigenvalue weighted by molar-refractivity contribution is -0.128. The topological polar surface area (TPSA) is 41.6 Å². The summed E-state index contributed by atoms with van der Waals surface area (Å²) in [6.07, 6.45) is 5.58. The number of aryl methyl sites for hydroxylation is 1. The van der Waals surface area contributed by atoms with Gasteiger partial charge in [-0.15, -0.1) is 0 Å². The maximum absolute atomic E-state index is 12.5. The lowest BCUT2D eigenvalue weighted by Gasteiger charge is -2.43. The van der Waals surface area contributed by atoms with Crippen molar-refractivity contribution in [3.8, 4) is 5.75 Å². The molecule has 134 valence electrons. The van der Waals surface area contributed by atoms with Crippen molar-refractivity contribution in [1.82, 2.24) is 10.2 Å². The largest absolute Gasteiger partial charge is 0.481 e. The van der Waals surface area contributed by atoms with Gasteiger partial charge in [0.2, 0.25) is 0 Å². The molecule has 0 saturated heterocycles. The quantitative estimate of drug-likeness (QED) is 0.867. The summed E-state index contributed by atoms with van der Waals surface area (Å²) in [5.41, 5.74) is 2.36. The summed E-state index contributed by atoms with van der Waals surface area (Å²) in [6, 6.07) is 5.94. The van der Waals surface area contributed by atoms with Gasteiger partial charge in [-0.05, 0) is 64.9 Å². The number of hydrogen-bond donors (Lipinski definition) is 1. The van der Waals surface area contributed by atoms with Crippen LogP contribution in [-0.2, 0) is 4.79 Å². The first-order valence-electron chi connectivity index (χ1n) is 9.04. The number of nitrogens with one attached hydrogen (secondary N) is 1. The zero-order chi connectivity index (χ0) is 17.7. The van der Waals surface area contributed by atoms with Crippen LogP contribution in [0.25, 0.3) is 0 Å². The van der Waals surface area contributed by atoms with Crippen LogP contribution >= 0.6 is 0 Å². The van der Waals surface area contributed by atoms with E-state index in [0.29, 0.717) is 6.54 Å². The molecule has 0 radical (unpaired) electrons. The smallest absolute Gasteiger partial charge is 0.260 e. The number of carbonyl (C=O) groups excluding carboxylic acids is 1. The molecule has 0 bridgehead atoms. The molecule has 0 aliphatic heterocycles. The number of rotatable bonds is 6. The second kappa shape index (κ2) is 8.02. The van der Waals surface area contributed by atoms with E-state index in [1.165, 1.54) is 24.8 Å². The fraction of sp³-hybridized carbons (Fsp3) is 0.650. The monoisotopic (exact) mass is 332 g/mol. The molecule has 4 nitrogen and oxygen atoms in total. The Kier molecular flexibility index (Phi) is 6.27. The van der Waals surface area contributed by atoms with Crippen LogP contribution in [0.15, 0.2) is 18.2 Å².